The molecule has 0 amide bonds. The first kappa shape index (κ1) is 15.4. The molecule has 0 aliphatic heterocycles. The Bertz CT molecular complexity index is 541. The fraction of sp³-hybridized carbons (Fsp3) is 0.214. The lowest BCUT2D eigenvalue weighted by Gasteiger charge is -2.11. The van der Waals surface area contributed by atoms with E-state index in [1.54, 1.807) is 24.5 Å². The van der Waals surface area contributed by atoms with Gasteiger partial charge in [0, 0.05) is 30.5 Å². The predicted molar refractivity (Wildman–Crippen MR) is 82.9 cm³/mol. The highest BCUT2D eigenvalue weighted by Gasteiger charge is 2.08. The maximum Gasteiger partial charge on any atom is 0.156 e. The van der Waals surface area contributed by atoms with Crippen molar-refractivity contribution in [2.45, 2.75) is 6.54 Å². The Morgan fingerprint density at radius 3 is 2.35 bits per heavy atom. The van der Waals surface area contributed by atoms with Crippen molar-refractivity contribution in [3.05, 3.63) is 57.3 Å². The molecule has 1 N–H and O–H groups in total. The Labute approximate surface area is 132 Å². The third-order valence-electron chi connectivity index (χ3n) is 2.57. The average Bonchev–Trinajstić information content (AvgIpc) is 2.42. The molecule has 1 aromatic heterocycles. The number of hydrogen-bond donors (Lipinski definition) is 1. The van der Waals surface area contributed by atoms with Crippen LogP contribution in [-0.4, -0.2) is 18.1 Å². The predicted octanol–water partition coefficient (Wildman–Crippen LogP) is 4.21. The first-order valence-corrected chi connectivity index (χ1v) is 7.17. The van der Waals surface area contributed by atoms with Crippen molar-refractivity contribution < 1.29 is 4.74 Å². The highest BCUT2D eigenvalue weighted by atomic mass is 35.5. The number of pyridine rings is 1. The molecule has 0 bridgehead atoms. The maximum absolute atomic E-state index is 6.02. The number of nitrogens with zero attached hydrogens (tertiary/aromatic N) is 1. The summed E-state index contributed by atoms with van der Waals surface area (Å²) in [7, 11) is 0. The van der Waals surface area contributed by atoms with Crippen LogP contribution in [0.4, 0.5) is 0 Å². The van der Waals surface area contributed by atoms with Crippen molar-refractivity contribution in [1.82, 2.24) is 10.3 Å². The SMILES string of the molecule is Clc1cc(Cl)c(OCCNCc2ccncc2)c(Cl)c1. The standard InChI is InChI=1S/C14H13Cl3N2O/c15-11-7-12(16)14(13(17)8-11)20-6-5-19-9-10-1-3-18-4-2-10/h1-4,7-8,19H,5-6,9H2. The zero-order valence-corrected chi connectivity index (χ0v) is 12.8. The number of ether oxygens (including phenoxy) is 1. The molecule has 2 rings (SSSR count). The largest absolute Gasteiger partial charge is 0.489 e. The van der Waals surface area contributed by atoms with E-state index in [0.29, 0.717) is 34.0 Å². The monoisotopic (exact) mass is 330 g/mol. The summed E-state index contributed by atoms with van der Waals surface area (Å²) in [6, 6.07) is 7.13. The van der Waals surface area contributed by atoms with Gasteiger partial charge in [0.1, 0.15) is 6.61 Å². The topological polar surface area (TPSA) is 34.1 Å². The molecular formula is C14H13Cl3N2O. The summed E-state index contributed by atoms with van der Waals surface area (Å²) in [6.07, 6.45) is 3.53. The molecule has 0 spiro atoms. The van der Waals surface area contributed by atoms with Crippen molar-refractivity contribution in [1.29, 1.82) is 0 Å². The van der Waals surface area contributed by atoms with Crippen LogP contribution in [0.5, 0.6) is 5.75 Å². The zero-order valence-electron chi connectivity index (χ0n) is 10.6. The number of rotatable bonds is 6. The Hall–Kier alpha value is -1.00. The van der Waals surface area contributed by atoms with Crippen LogP contribution in [0.2, 0.25) is 15.1 Å². The molecule has 0 unspecified atom stereocenters. The van der Waals surface area contributed by atoms with Crippen molar-refractivity contribution >= 4 is 34.8 Å². The van der Waals surface area contributed by atoms with Crippen molar-refractivity contribution in [2.24, 2.45) is 0 Å². The van der Waals surface area contributed by atoms with Crippen molar-refractivity contribution in [3.8, 4) is 5.75 Å². The van der Waals surface area contributed by atoms with Crippen LogP contribution in [0.3, 0.4) is 0 Å². The summed E-state index contributed by atoms with van der Waals surface area (Å²) in [5.74, 6) is 0.462. The molecule has 1 heterocycles. The fourth-order valence-corrected chi connectivity index (χ4v) is 2.55. The van der Waals surface area contributed by atoms with E-state index >= 15 is 0 Å². The maximum atomic E-state index is 6.02. The van der Waals surface area contributed by atoms with Gasteiger partial charge in [-0.3, -0.25) is 4.98 Å². The van der Waals surface area contributed by atoms with E-state index in [9.17, 15) is 0 Å². The summed E-state index contributed by atoms with van der Waals surface area (Å²) in [5.41, 5.74) is 1.17. The van der Waals surface area contributed by atoms with Gasteiger partial charge in [-0.1, -0.05) is 34.8 Å². The quantitative estimate of drug-likeness (QED) is 0.805. The van der Waals surface area contributed by atoms with Gasteiger partial charge in [-0.15, -0.1) is 0 Å². The Morgan fingerprint density at radius 1 is 1.05 bits per heavy atom. The smallest absolute Gasteiger partial charge is 0.156 e. The molecule has 0 saturated heterocycles. The summed E-state index contributed by atoms with van der Waals surface area (Å²) in [6.45, 7) is 1.90. The summed E-state index contributed by atoms with van der Waals surface area (Å²) >= 11 is 17.9. The van der Waals surface area contributed by atoms with E-state index in [2.05, 4.69) is 10.3 Å². The highest BCUT2D eigenvalue weighted by molar-refractivity contribution is 6.40. The normalized spacial score (nSPS) is 10.6. The van der Waals surface area contributed by atoms with Crippen LogP contribution in [0, 0.1) is 0 Å². The minimum Gasteiger partial charge on any atom is -0.489 e. The van der Waals surface area contributed by atoms with Crippen molar-refractivity contribution in [2.75, 3.05) is 13.2 Å². The van der Waals surface area contributed by atoms with Gasteiger partial charge in [-0.2, -0.15) is 0 Å². The summed E-state index contributed by atoms with van der Waals surface area (Å²) < 4.78 is 5.56. The van der Waals surface area contributed by atoms with Crippen LogP contribution in [0.15, 0.2) is 36.7 Å². The average molecular weight is 332 g/mol. The molecule has 0 fully saturated rings. The number of nitrogens with one attached hydrogen (secondary N) is 1. The van der Waals surface area contributed by atoms with Crippen LogP contribution in [-0.2, 0) is 6.54 Å². The van der Waals surface area contributed by atoms with E-state index in [-0.39, 0.29) is 0 Å². The van der Waals surface area contributed by atoms with Crippen LogP contribution >= 0.6 is 34.8 Å². The second-order valence-corrected chi connectivity index (χ2v) is 5.33. The van der Waals surface area contributed by atoms with Gasteiger partial charge in [0.15, 0.2) is 5.75 Å². The first-order valence-electron chi connectivity index (χ1n) is 6.04. The van der Waals surface area contributed by atoms with Crippen LogP contribution in [0.25, 0.3) is 0 Å². The van der Waals surface area contributed by atoms with E-state index in [4.69, 9.17) is 39.5 Å². The zero-order chi connectivity index (χ0) is 14.4. The molecule has 0 aliphatic carbocycles. The van der Waals surface area contributed by atoms with Crippen LogP contribution < -0.4 is 10.1 Å². The van der Waals surface area contributed by atoms with Gasteiger partial charge >= 0.3 is 0 Å². The molecule has 0 saturated carbocycles. The van der Waals surface area contributed by atoms with Gasteiger partial charge in [0.05, 0.1) is 10.0 Å². The fourth-order valence-electron chi connectivity index (χ4n) is 1.63. The summed E-state index contributed by atoms with van der Waals surface area (Å²) in [4.78, 5) is 3.96. The molecule has 20 heavy (non-hydrogen) atoms. The molecule has 6 heteroatoms. The Morgan fingerprint density at radius 2 is 1.70 bits per heavy atom. The molecule has 0 atom stereocenters. The number of benzene rings is 1. The molecular weight excluding hydrogens is 319 g/mol. The molecule has 2 aromatic rings. The van der Waals surface area contributed by atoms with Gasteiger partial charge in [-0.25, -0.2) is 0 Å². The highest BCUT2D eigenvalue weighted by Crippen LogP contribution is 2.35. The minimum atomic E-state index is 0.414. The second kappa shape index (κ2) is 7.70. The lowest BCUT2D eigenvalue weighted by Crippen LogP contribution is -2.20. The van der Waals surface area contributed by atoms with Gasteiger partial charge < -0.3 is 10.1 Å². The van der Waals surface area contributed by atoms with E-state index in [1.807, 2.05) is 12.1 Å². The minimum absolute atomic E-state index is 0.414. The third-order valence-corrected chi connectivity index (χ3v) is 3.35. The van der Waals surface area contributed by atoms with E-state index in [1.165, 1.54) is 5.56 Å². The first-order chi connectivity index (χ1) is 9.66. The van der Waals surface area contributed by atoms with Gasteiger partial charge in [-0.05, 0) is 29.8 Å². The molecule has 0 aliphatic rings. The lowest BCUT2D eigenvalue weighted by atomic mass is 10.3. The Balaban J connectivity index is 1.76. The molecule has 3 nitrogen and oxygen atoms in total. The van der Waals surface area contributed by atoms with Gasteiger partial charge in [0.25, 0.3) is 0 Å². The Kier molecular flexibility index (Phi) is 5.92. The van der Waals surface area contributed by atoms with E-state index < -0.39 is 0 Å². The second-order valence-electron chi connectivity index (χ2n) is 4.08. The number of aromatic nitrogens is 1. The number of hydrogen-bond acceptors (Lipinski definition) is 3. The molecule has 106 valence electrons. The number of halogens is 3. The third kappa shape index (κ3) is 4.53. The van der Waals surface area contributed by atoms with Crippen molar-refractivity contribution in [3.63, 3.8) is 0 Å². The molecule has 1 aromatic carbocycles. The van der Waals surface area contributed by atoms with Gasteiger partial charge in [0.2, 0.25) is 0 Å². The summed E-state index contributed by atoms with van der Waals surface area (Å²) in [5, 5.41) is 4.57. The van der Waals surface area contributed by atoms with Crippen LogP contribution in [0.1, 0.15) is 5.56 Å². The molecule has 0 radical (unpaired) electrons. The lowest BCUT2D eigenvalue weighted by molar-refractivity contribution is 0.314. The van der Waals surface area contributed by atoms with E-state index in [0.717, 1.165) is 6.54 Å².